The van der Waals surface area contributed by atoms with Crippen LogP contribution in [0.4, 0.5) is 22.7 Å². The number of anilines is 2. The number of hydrogen-bond acceptors (Lipinski definition) is 18. The Morgan fingerprint density at radius 2 is 1.01 bits per heavy atom. The zero-order valence-electron chi connectivity index (χ0n) is 70.3. The third-order valence-electron chi connectivity index (χ3n) is 21.5. The van der Waals surface area contributed by atoms with E-state index in [0.717, 1.165) is 138 Å². The monoisotopic (exact) mass is 1580 g/mol. The number of primary amides is 1. The molecular weight excluding hydrogens is 1450 g/mol. The van der Waals surface area contributed by atoms with E-state index < -0.39 is 36.7 Å². The van der Waals surface area contributed by atoms with Crippen molar-refractivity contribution < 1.29 is 43.0 Å². The van der Waals surface area contributed by atoms with Gasteiger partial charge in [0.25, 0.3) is 0 Å². The van der Waals surface area contributed by atoms with Gasteiger partial charge in [0.05, 0.1) is 86.3 Å². The molecule has 0 atom stereocenters. The molecule has 0 bridgehead atoms. The maximum absolute atomic E-state index is 14.2. The number of nitrogens with zero attached hydrogens (tertiary/aromatic N) is 12. The molecule has 0 spiro atoms. The molecule has 6 aromatic rings. The van der Waals surface area contributed by atoms with Crippen LogP contribution in [0.1, 0.15) is 160 Å². The van der Waals surface area contributed by atoms with Gasteiger partial charge < -0.3 is 80.7 Å². The number of carbonyl (C=O) groups excluding carboxylic acids is 7. The molecule has 4 aliphatic rings. The van der Waals surface area contributed by atoms with Crippen molar-refractivity contribution in [3.8, 4) is 22.9 Å². The molecule has 0 saturated carbocycles. The molecule has 1 aromatic heterocycles. The van der Waals surface area contributed by atoms with E-state index in [-0.39, 0.29) is 99.5 Å². The fraction of sp³-hybridized carbons (Fsp3) is 0.528. The lowest BCUT2D eigenvalue weighted by atomic mass is 9.78. The average molecular weight is 1580 g/mol. The zero-order chi connectivity index (χ0) is 82.5. The first-order valence-electron chi connectivity index (χ1n) is 41.5. The summed E-state index contributed by atoms with van der Waals surface area (Å²) in [7, 11) is 4.34. The number of piperazine rings is 2. The minimum absolute atomic E-state index is 0.0997. The largest absolute Gasteiger partial charge is 0.494 e. The Kier molecular flexibility index (Phi) is 30.9. The predicted molar refractivity (Wildman–Crippen MR) is 458 cm³/mol. The van der Waals surface area contributed by atoms with Crippen LogP contribution < -0.4 is 41.4 Å². The highest BCUT2D eigenvalue weighted by atomic mass is 16.5. The van der Waals surface area contributed by atoms with Crippen LogP contribution in [0.5, 0.6) is 11.5 Å². The quantitative estimate of drug-likeness (QED) is 0.0224. The van der Waals surface area contributed by atoms with Gasteiger partial charge >= 0.3 is 0 Å². The molecule has 0 unspecified atom stereocenters. The van der Waals surface area contributed by atoms with E-state index in [1.807, 2.05) is 52.0 Å². The highest BCUT2D eigenvalue weighted by molar-refractivity contribution is 6.10. The number of fused-ring (bicyclic) bond motifs is 3. The molecule has 115 heavy (non-hydrogen) atoms. The molecule has 5 aromatic carbocycles. The molecular formula is C89H125N17O9. The van der Waals surface area contributed by atoms with Crippen LogP contribution in [-0.2, 0) is 57.2 Å². The number of aromatic nitrogens is 2. The van der Waals surface area contributed by atoms with Gasteiger partial charge in [-0.3, -0.25) is 43.5 Å². The van der Waals surface area contributed by atoms with Crippen molar-refractivity contribution in [3.63, 3.8) is 0 Å². The van der Waals surface area contributed by atoms with Crippen LogP contribution in [0.15, 0.2) is 113 Å². The number of aromatic amines is 1. The van der Waals surface area contributed by atoms with Crippen molar-refractivity contribution in [3.05, 3.63) is 136 Å². The van der Waals surface area contributed by atoms with Gasteiger partial charge in [-0.15, -0.1) is 0 Å². The van der Waals surface area contributed by atoms with E-state index in [0.29, 0.717) is 83.4 Å². The molecule has 2 saturated heterocycles. The van der Waals surface area contributed by atoms with E-state index in [9.17, 15) is 33.6 Å². The van der Waals surface area contributed by atoms with Gasteiger partial charge in [-0.05, 0) is 165 Å². The molecule has 5 heterocycles. The molecule has 4 aliphatic heterocycles. The Labute approximate surface area is 680 Å². The minimum Gasteiger partial charge on any atom is -0.494 e. The summed E-state index contributed by atoms with van der Waals surface area (Å²) in [4.78, 5) is 131. The summed E-state index contributed by atoms with van der Waals surface area (Å²) in [5.41, 5.74) is 27.7. The van der Waals surface area contributed by atoms with Crippen molar-refractivity contribution in [2.45, 2.75) is 151 Å². The number of likely N-dealkylation sites (N-methyl/N-ethyl adjacent to an activating group) is 2. The number of hydrogen-bond donors (Lipinski definition) is 5. The number of nitrogens with two attached hydrogens (primary N) is 2. The Hall–Kier alpha value is -10.3. The molecule has 7 N–H and O–H groups in total. The number of carbonyl (C=O) groups is 7. The van der Waals surface area contributed by atoms with Crippen molar-refractivity contribution in [1.82, 2.24) is 54.9 Å². The molecule has 0 aliphatic carbocycles. The van der Waals surface area contributed by atoms with Gasteiger partial charge in [0.15, 0.2) is 0 Å². The Morgan fingerprint density at radius 3 is 1.56 bits per heavy atom. The molecule has 26 heteroatoms. The normalized spacial score (nSPS) is 14.6. The topological polar surface area (TPSA) is 297 Å². The Bertz CT molecular complexity index is 4450. The van der Waals surface area contributed by atoms with Crippen LogP contribution in [0.3, 0.4) is 0 Å². The van der Waals surface area contributed by atoms with Gasteiger partial charge in [-0.1, -0.05) is 87.4 Å². The Morgan fingerprint density at radius 1 is 0.513 bits per heavy atom. The van der Waals surface area contributed by atoms with E-state index in [2.05, 4.69) is 158 Å². The van der Waals surface area contributed by atoms with E-state index in [1.54, 1.807) is 0 Å². The number of amides is 7. The van der Waals surface area contributed by atoms with E-state index in [4.69, 9.17) is 35.9 Å². The lowest BCUT2D eigenvalue weighted by Gasteiger charge is -2.34. The maximum Gasteiger partial charge on any atom is 0.243 e. The summed E-state index contributed by atoms with van der Waals surface area (Å²) in [5.74, 6) is -0.676. The number of rotatable bonds is 40. The van der Waals surface area contributed by atoms with Crippen molar-refractivity contribution in [2.75, 3.05) is 168 Å². The number of benzene rings is 5. The fourth-order valence-electron chi connectivity index (χ4n) is 15.0. The van der Waals surface area contributed by atoms with Gasteiger partial charge in [0.1, 0.15) is 17.3 Å². The predicted octanol–water partition coefficient (Wildman–Crippen LogP) is 9.86. The standard InChI is InChI=1S/C89H125N17O9/c1-13-33-102(81(109)24-19-45-114-70-22-17-21-62(49-70)76-52-64-47-63(25-28-73(64)94-76)77-53-65-48-68(26-29-74(65)95-77)100-41-37-98(11)38-42-100)58-82(110)103(34-14-2)59-83(111)104(35-15-3)60-84(112)105(36-16-4)61-85(113)106(57-79(91)107)56-67(90)55-92-31-20-32-93-80(108)23-18-46-115-86-71(88(5,6)7)50-66(51-72(86)89(8,9)10)87-96-75-30-27-69(54-78(75)97-87)101-43-39-99(12)40-44-101/h17,21-22,25-30,47-51,54-55,92H,13-16,18-20,23-24,31-46,52-53,56-61,90H2,1-12H3,(H2,91,107)(H,93,108)(H,96,97)/b67-55-. The summed E-state index contributed by atoms with van der Waals surface area (Å²) in [6.45, 7) is 29.4. The van der Waals surface area contributed by atoms with Crippen molar-refractivity contribution >= 4 is 86.6 Å². The Balaban J connectivity index is 0.637. The number of imidazole rings is 1. The second kappa shape index (κ2) is 40.8. The number of nitrogens with one attached hydrogen (secondary N) is 3. The molecule has 2 fully saturated rings. The molecule has 10 rings (SSSR count). The zero-order valence-corrected chi connectivity index (χ0v) is 70.3. The van der Waals surface area contributed by atoms with Crippen LogP contribution in [0.2, 0.25) is 0 Å². The summed E-state index contributed by atoms with van der Waals surface area (Å²) < 4.78 is 12.9. The second-order valence-corrected chi connectivity index (χ2v) is 33.2. The lowest BCUT2D eigenvalue weighted by Crippen LogP contribution is -2.51. The number of aliphatic imine (C=N–C) groups is 2. The summed E-state index contributed by atoms with van der Waals surface area (Å²) in [6, 6.07) is 31.8. The molecule has 26 nitrogen and oxygen atoms in total. The first-order valence-corrected chi connectivity index (χ1v) is 41.5. The number of ether oxygens (including phenoxy) is 2. The molecule has 0 radical (unpaired) electrons. The smallest absolute Gasteiger partial charge is 0.243 e. The van der Waals surface area contributed by atoms with Gasteiger partial charge in [0.2, 0.25) is 41.4 Å². The van der Waals surface area contributed by atoms with E-state index in [1.165, 1.54) is 47.6 Å². The van der Waals surface area contributed by atoms with Crippen molar-refractivity contribution in [1.29, 1.82) is 0 Å². The van der Waals surface area contributed by atoms with Crippen LogP contribution in [0.25, 0.3) is 22.4 Å². The van der Waals surface area contributed by atoms with Gasteiger partial charge in [0, 0.05) is 157 Å². The third kappa shape index (κ3) is 24.4. The third-order valence-corrected chi connectivity index (χ3v) is 21.5. The van der Waals surface area contributed by atoms with E-state index >= 15 is 0 Å². The first-order chi connectivity index (χ1) is 55.1. The van der Waals surface area contributed by atoms with Crippen LogP contribution in [-0.4, -0.2) is 255 Å². The highest BCUT2D eigenvalue weighted by Gasteiger charge is 2.33. The minimum atomic E-state index is -0.774. The van der Waals surface area contributed by atoms with Crippen LogP contribution >= 0.6 is 0 Å². The van der Waals surface area contributed by atoms with Crippen molar-refractivity contribution in [2.24, 2.45) is 21.5 Å². The number of H-pyrrole nitrogens is 1. The SMILES string of the molecule is CCCN(CC(=O)N(CCC)CC(=O)N(CCC)CC(=O)N(CCC)CC(=O)N(CC(N)=O)C/C(N)=C/NCCCNC(=O)CCCOc1c(C(C)(C)C)cc(-c2nc3ccc(N4CCN(C)CC4)cc3[nH]2)cc1C(C)(C)C)C(=O)CCCOc1cccc(C2=Nc3ccc(C4=Nc5ccc(N6CCN(C)CC6)cc5C4)cc3C2)c1. The first kappa shape index (κ1) is 87.1. The summed E-state index contributed by atoms with van der Waals surface area (Å²) in [6.07, 6.45) is 7.06. The summed E-state index contributed by atoms with van der Waals surface area (Å²) >= 11 is 0. The van der Waals surface area contributed by atoms with Gasteiger partial charge in [-0.25, -0.2) is 4.98 Å². The highest BCUT2D eigenvalue weighted by Crippen LogP contribution is 2.44. The average Bonchev–Trinajstić information content (AvgIpc) is 1.70. The van der Waals surface area contributed by atoms with Crippen LogP contribution in [0, 0.1) is 0 Å². The fourth-order valence-corrected chi connectivity index (χ4v) is 15.0. The summed E-state index contributed by atoms with van der Waals surface area (Å²) in [5, 5.41) is 6.13. The molecule has 620 valence electrons. The molecule has 7 amide bonds. The lowest BCUT2D eigenvalue weighted by molar-refractivity contribution is -0.147. The second-order valence-electron chi connectivity index (χ2n) is 33.2. The van der Waals surface area contributed by atoms with Gasteiger partial charge in [-0.2, -0.15) is 0 Å². The maximum atomic E-state index is 14.2.